The number of aliphatic hydroxyl groups excluding tert-OH is 1. The fraction of sp³-hybridized carbons (Fsp3) is 0.385. The molecule has 0 fully saturated rings. The van der Waals surface area contributed by atoms with Crippen molar-refractivity contribution in [3.63, 3.8) is 0 Å². The summed E-state index contributed by atoms with van der Waals surface area (Å²) in [5, 5.41) is 10.8. The summed E-state index contributed by atoms with van der Waals surface area (Å²) in [5.41, 5.74) is 1.44. The molecule has 0 bridgehead atoms. The number of aliphatic hydroxyl groups is 1. The Bertz CT molecular complexity index is 429. The molecule has 3 nitrogen and oxygen atoms in total. The van der Waals surface area contributed by atoms with Crippen molar-refractivity contribution in [1.29, 1.82) is 0 Å². The van der Waals surface area contributed by atoms with Crippen molar-refractivity contribution in [3.8, 4) is 5.75 Å². The van der Waals surface area contributed by atoms with Gasteiger partial charge in [-0.1, -0.05) is 17.7 Å². The predicted molar refractivity (Wildman–Crippen MR) is 66.2 cm³/mol. The molecule has 1 atom stereocenters. The number of halogens is 1. The fourth-order valence-electron chi connectivity index (χ4n) is 1.93. The molecular weight excluding hydrogens is 240 g/mol. The van der Waals surface area contributed by atoms with Crippen molar-refractivity contribution in [2.24, 2.45) is 0 Å². The van der Waals surface area contributed by atoms with Crippen LogP contribution in [0.2, 0.25) is 5.02 Å². The normalized spacial score (nSPS) is 17.0. The molecule has 2 rings (SSSR count). The molecule has 0 spiro atoms. The first-order chi connectivity index (χ1) is 8.24. The Balaban J connectivity index is 2.35. The molecule has 17 heavy (non-hydrogen) atoms. The van der Waals surface area contributed by atoms with Crippen molar-refractivity contribution in [3.05, 3.63) is 40.6 Å². The third-order valence-corrected chi connectivity index (χ3v) is 3.15. The number of benzene rings is 1. The minimum Gasteiger partial charge on any atom is -0.501 e. The highest BCUT2D eigenvalue weighted by atomic mass is 35.5. The van der Waals surface area contributed by atoms with Gasteiger partial charge in [0.15, 0.2) is 0 Å². The largest absolute Gasteiger partial charge is 0.501 e. The Hall–Kier alpha value is -1.19. The molecule has 1 N–H and O–H groups in total. The molecule has 1 aliphatic rings. The van der Waals surface area contributed by atoms with Crippen LogP contribution in [-0.2, 0) is 4.74 Å². The summed E-state index contributed by atoms with van der Waals surface area (Å²) in [6, 6.07) is 5.32. The van der Waals surface area contributed by atoms with E-state index in [-0.39, 0.29) is 0 Å². The third kappa shape index (κ3) is 2.56. The maximum atomic E-state index is 10.3. The number of ether oxygens (including phenoxy) is 2. The molecule has 4 heteroatoms. The second-order valence-electron chi connectivity index (χ2n) is 3.93. The summed E-state index contributed by atoms with van der Waals surface area (Å²) in [5.74, 6) is 0.594. The van der Waals surface area contributed by atoms with Gasteiger partial charge in [0, 0.05) is 5.56 Å². The van der Waals surface area contributed by atoms with E-state index >= 15 is 0 Å². The molecule has 0 aliphatic carbocycles. The maximum Gasteiger partial charge on any atom is 0.126 e. The standard InChI is InChI=1S/C13H15ClO3/c1-16-11-6-2-5-10(14)12(11)13(15)9-4-3-7-17-8-9/h2,5-6,8,13,15H,3-4,7H2,1H3. The molecule has 92 valence electrons. The van der Waals surface area contributed by atoms with Crippen LogP contribution in [0.25, 0.3) is 0 Å². The Labute approximate surface area is 106 Å². The quantitative estimate of drug-likeness (QED) is 0.901. The highest BCUT2D eigenvalue weighted by Crippen LogP contribution is 2.37. The third-order valence-electron chi connectivity index (χ3n) is 2.82. The molecule has 0 amide bonds. The Kier molecular flexibility index (Phi) is 3.92. The summed E-state index contributed by atoms with van der Waals surface area (Å²) in [7, 11) is 1.56. The molecule has 1 unspecified atom stereocenters. The Morgan fingerprint density at radius 1 is 1.47 bits per heavy atom. The summed E-state index contributed by atoms with van der Waals surface area (Å²) in [6.45, 7) is 0.704. The van der Waals surface area contributed by atoms with Crippen LogP contribution in [0.3, 0.4) is 0 Å². The van der Waals surface area contributed by atoms with E-state index in [1.54, 1.807) is 31.6 Å². The first kappa shape index (κ1) is 12.3. The molecule has 1 aromatic rings. The van der Waals surface area contributed by atoms with Gasteiger partial charge in [0.2, 0.25) is 0 Å². The first-order valence-corrected chi connectivity index (χ1v) is 5.93. The second-order valence-corrected chi connectivity index (χ2v) is 4.33. The van der Waals surface area contributed by atoms with Gasteiger partial charge in [-0.25, -0.2) is 0 Å². The number of rotatable bonds is 3. The van der Waals surface area contributed by atoms with E-state index in [1.807, 2.05) is 0 Å². The number of hydrogen-bond acceptors (Lipinski definition) is 3. The highest BCUT2D eigenvalue weighted by Gasteiger charge is 2.22. The Morgan fingerprint density at radius 2 is 2.29 bits per heavy atom. The SMILES string of the molecule is COc1cccc(Cl)c1C(O)C1=COCCC1. The highest BCUT2D eigenvalue weighted by molar-refractivity contribution is 6.31. The van der Waals surface area contributed by atoms with Gasteiger partial charge in [0.25, 0.3) is 0 Å². The van der Waals surface area contributed by atoms with E-state index in [9.17, 15) is 5.11 Å². The van der Waals surface area contributed by atoms with E-state index in [0.29, 0.717) is 22.9 Å². The van der Waals surface area contributed by atoms with Crippen molar-refractivity contribution < 1.29 is 14.6 Å². The summed E-state index contributed by atoms with van der Waals surface area (Å²) in [4.78, 5) is 0. The number of hydrogen-bond donors (Lipinski definition) is 1. The van der Waals surface area contributed by atoms with Gasteiger partial charge in [-0.05, 0) is 30.5 Å². The van der Waals surface area contributed by atoms with Crippen LogP contribution >= 0.6 is 11.6 Å². The van der Waals surface area contributed by atoms with Crippen LogP contribution in [0.4, 0.5) is 0 Å². The van der Waals surface area contributed by atoms with Crippen molar-refractivity contribution >= 4 is 11.6 Å². The lowest BCUT2D eigenvalue weighted by molar-refractivity contribution is 0.168. The second kappa shape index (κ2) is 5.43. The average molecular weight is 255 g/mol. The minimum atomic E-state index is -0.765. The molecule has 0 saturated carbocycles. The van der Waals surface area contributed by atoms with E-state index in [0.717, 1.165) is 18.4 Å². The fourth-order valence-corrected chi connectivity index (χ4v) is 2.20. The summed E-state index contributed by atoms with van der Waals surface area (Å²) >= 11 is 6.11. The van der Waals surface area contributed by atoms with E-state index in [4.69, 9.17) is 21.1 Å². The summed E-state index contributed by atoms with van der Waals surface area (Å²) in [6.07, 6.45) is 2.58. The Morgan fingerprint density at radius 3 is 2.94 bits per heavy atom. The lowest BCUT2D eigenvalue weighted by atomic mass is 9.97. The lowest BCUT2D eigenvalue weighted by Gasteiger charge is -2.21. The van der Waals surface area contributed by atoms with Gasteiger partial charge in [-0.3, -0.25) is 0 Å². The molecule has 1 aromatic carbocycles. The average Bonchev–Trinajstić information content (AvgIpc) is 2.38. The zero-order valence-electron chi connectivity index (χ0n) is 9.65. The van der Waals surface area contributed by atoms with Crippen molar-refractivity contribution in [2.75, 3.05) is 13.7 Å². The minimum absolute atomic E-state index is 0.503. The molecule has 0 radical (unpaired) electrons. The van der Waals surface area contributed by atoms with E-state index in [2.05, 4.69) is 0 Å². The molecular formula is C13H15ClO3. The van der Waals surface area contributed by atoms with Gasteiger partial charge in [0.05, 0.1) is 25.0 Å². The van der Waals surface area contributed by atoms with Gasteiger partial charge < -0.3 is 14.6 Å². The molecule has 0 saturated heterocycles. The zero-order chi connectivity index (χ0) is 12.3. The van der Waals surface area contributed by atoms with Crippen LogP contribution < -0.4 is 4.74 Å². The first-order valence-electron chi connectivity index (χ1n) is 5.55. The van der Waals surface area contributed by atoms with Crippen LogP contribution in [0, 0.1) is 0 Å². The number of methoxy groups -OCH3 is 1. The van der Waals surface area contributed by atoms with Crippen molar-refractivity contribution in [2.45, 2.75) is 18.9 Å². The van der Waals surface area contributed by atoms with E-state index in [1.165, 1.54) is 0 Å². The molecule has 1 aliphatic heterocycles. The van der Waals surface area contributed by atoms with Crippen LogP contribution in [0.5, 0.6) is 5.75 Å². The smallest absolute Gasteiger partial charge is 0.126 e. The lowest BCUT2D eigenvalue weighted by Crippen LogP contribution is -2.09. The van der Waals surface area contributed by atoms with Crippen LogP contribution in [0.15, 0.2) is 30.0 Å². The van der Waals surface area contributed by atoms with Crippen LogP contribution in [0.1, 0.15) is 24.5 Å². The zero-order valence-corrected chi connectivity index (χ0v) is 10.4. The van der Waals surface area contributed by atoms with Crippen molar-refractivity contribution in [1.82, 2.24) is 0 Å². The van der Waals surface area contributed by atoms with Gasteiger partial charge in [-0.2, -0.15) is 0 Å². The topological polar surface area (TPSA) is 38.7 Å². The maximum absolute atomic E-state index is 10.3. The summed E-state index contributed by atoms with van der Waals surface area (Å²) < 4.78 is 10.5. The molecule has 0 aromatic heterocycles. The predicted octanol–water partition coefficient (Wildman–Crippen LogP) is 3.08. The molecule has 1 heterocycles. The van der Waals surface area contributed by atoms with Gasteiger partial charge in [-0.15, -0.1) is 0 Å². The monoisotopic (exact) mass is 254 g/mol. The van der Waals surface area contributed by atoms with Crippen LogP contribution in [-0.4, -0.2) is 18.8 Å². The van der Waals surface area contributed by atoms with Gasteiger partial charge in [0.1, 0.15) is 11.9 Å². The van der Waals surface area contributed by atoms with Gasteiger partial charge >= 0.3 is 0 Å². The van der Waals surface area contributed by atoms with E-state index < -0.39 is 6.10 Å².